The molecule has 0 aliphatic rings. The zero-order chi connectivity index (χ0) is 16.5. The molecule has 0 spiro atoms. The molecule has 0 fully saturated rings. The third kappa shape index (κ3) is 5.51. The van der Waals surface area contributed by atoms with E-state index in [0.717, 1.165) is 22.4 Å². The minimum Gasteiger partial charge on any atom is -0.445 e. The Morgan fingerprint density at radius 2 is 1.96 bits per heavy atom. The summed E-state index contributed by atoms with van der Waals surface area (Å²) in [6.45, 7) is 2.79. The molecule has 0 aliphatic carbocycles. The molecule has 1 amide bonds. The molecule has 3 N–H and O–H groups in total. The second-order valence-corrected chi connectivity index (χ2v) is 5.26. The lowest BCUT2D eigenvalue weighted by Crippen LogP contribution is -2.24. The molecule has 0 saturated carbocycles. The maximum atomic E-state index is 11.6. The topological polar surface area (TPSA) is 64.3 Å². The van der Waals surface area contributed by atoms with Crippen molar-refractivity contribution in [2.24, 2.45) is 0 Å². The number of aryl methyl sites for hydroxylation is 1. The van der Waals surface area contributed by atoms with Crippen LogP contribution in [0.25, 0.3) is 6.08 Å². The first-order valence-corrected chi connectivity index (χ1v) is 7.63. The highest BCUT2D eigenvalue weighted by atomic mass is 16.5. The predicted molar refractivity (Wildman–Crippen MR) is 93.9 cm³/mol. The summed E-state index contributed by atoms with van der Waals surface area (Å²) >= 11 is 0. The maximum absolute atomic E-state index is 11.6. The van der Waals surface area contributed by atoms with Crippen LogP contribution >= 0.6 is 0 Å². The standard InChI is InChI=1S/C19H22N2O2/c1-15-8-7-12-17(18(15)20)11-5-6-13-21-19(22)23-14-16-9-3-2-4-10-16/h2-5,7-12H,6,13-14,20H2,1H3,(H,21,22). The van der Waals surface area contributed by atoms with Crippen LogP contribution in [0.4, 0.5) is 10.5 Å². The lowest BCUT2D eigenvalue weighted by atomic mass is 10.1. The molecule has 4 nitrogen and oxygen atoms in total. The number of anilines is 1. The molecule has 0 atom stereocenters. The molecule has 0 heterocycles. The SMILES string of the molecule is Cc1cccc(C=CCCNC(=O)OCc2ccccc2)c1N. The summed E-state index contributed by atoms with van der Waals surface area (Å²) in [5.74, 6) is 0. The fourth-order valence-corrected chi connectivity index (χ4v) is 2.09. The van der Waals surface area contributed by atoms with E-state index in [0.29, 0.717) is 13.0 Å². The highest BCUT2D eigenvalue weighted by molar-refractivity contribution is 5.68. The molecule has 0 bridgehead atoms. The molecular formula is C19H22N2O2. The maximum Gasteiger partial charge on any atom is 0.407 e. The number of hydrogen-bond acceptors (Lipinski definition) is 3. The number of alkyl carbamates (subject to hydrolysis) is 1. The zero-order valence-corrected chi connectivity index (χ0v) is 13.3. The molecule has 23 heavy (non-hydrogen) atoms. The van der Waals surface area contributed by atoms with E-state index in [1.54, 1.807) is 0 Å². The van der Waals surface area contributed by atoms with Crippen molar-refractivity contribution in [2.75, 3.05) is 12.3 Å². The monoisotopic (exact) mass is 310 g/mol. The number of carbonyl (C=O) groups excluding carboxylic acids is 1. The molecule has 120 valence electrons. The molecular weight excluding hydrogens is 288 g/mol. The van der Waals surface area contributed by atoms with E-state index in [9.17, 15) is 4.79 Å². The molecule has 2 aromatic carbocycles. The Bertz CT molecular complexity index is 666. The zero-order valence-electron chi connectivity index (χ0n) is 13.3. The number of amides is 1. The average molecular weight is 310 g/mol. The van der Waals surface area contributed by atoms with Crippen LogP contribution in [-0.4, -0.2) is 12.6 Å². The lowest BCUT2D eigenvalue weighted by Gasteiger charge is -2.06. The van der Waals surface area contributed by atoms with Gasteiger partial charge in [0.05, 0.1) is 0 Å². The van der Waals surface area contributed by atoms with Crippen molar-refractivity contribution in [3.05, 3.63) is 71.3 Å². The van der Waals surface area contributed by atoms with Crippen LogP contribution in [0.2, 0.25) is 0 Å². The number of para-hydroxylation sites is 1. The van der Waals surface area contributed by atoms with E-state index in [1.807, 2.05) is 67.6 Å². The van der Waals surface area contributed by atoms with Crippen LogP contribution in [0.15, 0.2) is 54.6 Å². The second kappa shape index (κ2) is 8.63. The molecule has 0 aromatic heterocycles. The molecule has 2 rings (SSSR count). The van der Waals surface area contributed by atoms with Crippen molar-refractivity contribution in [1.82, 2.24) is 5.32 Å². The van der Waals surface area contributed by atoms with Gasteiger partial charge in [0.25, 0.3) is 0 Å². The Morgan fingerprint density at radius 3 is 2.74 bits per heavy atom. The van der Waals surface area contributed by atoms with Crippen LogP contribution in [0.1, 0.15) is 23.1 Å². The van der Waals surface area contributed by atoms with E-state index in [2.05, 4.69) is 5.32 Å². The highest BCUT2D eigenvalue weighted by Gasteiger charge is 2.01. The number of carbonyl (C=O) groups is 1. The Kier molecular flexibility index (Phi) is 6.24. The normalized spacial score (nSPS) is 10.7. The smallest absolute Gasteiger partial charge is 0.407 e. The van der Waals surface area contributed by atoms with Gasteiger partial charge in [0.2, 0.25) is 0 Å². The van der Waals surface area contributed by atoms with Crippen molar-refractivity contribution in [3.63, 3.8) is 0 Å². The summed E-state index contributed by atoms with van der Waals surface area (Å²) in [5.41, 5.74) is 9.82. The van der Waals surface area contributed by atoms with Crippen LogP contribution in [0, 0.1) is 6.92 Å². The van der Waals surface area contributed by atoms with Crippen LogP contribution < -0.4 is 11.1 Å². The number of benzene rings is 2. The van der Waals surface area contributed by atoms with E-state index >= 15 is 0 Å². The van der Waals surface area contributed by atoms with Gasteiger partial charge in [-0.2, -0.15) is 0 Å². The van der Waals surface area contributed by atoms with Gasteiger partial charge in [-0.25, -0.2) is 4.79 Å². The summed E-state index contributed by atoms with van der Waals surface area (Å²) in [7, 11) is 0. The molecule has 0 aliphatic heterocycles. The number of hydrogen-bond donors (Lipinski definition) is 2. The van der Waals surface area contributed by atoms with Gasteiger partial charge in [-0.05, 0) is 30.0 Å². The molecule has 0 radical (unpaired) electrons. The van der Waals surface area contributed by atoms with Gasteiger partial charge in [0, 0.05) is 12.2 Å². The Balaban J connectivity index is 1.67. The molecule has 4 heteroatoms. The molecule has 2 aromatic rings. The number of nitrogens with one attached hydrogen (secondary N) is 1. The van der Waals surface area contributed by atoms with E-state index < -0.39 is 6.09 Å². The summed E-state index contributed by atoms with van der Waals surface area (Å²) in [5, 5.41) is 2.72. The van der Waals surface area contributed by atoms with Crippen LogP contribution in [0.3, 0.4) is 0 Å². The van der Waals surface area contributed by atoms with Gasteiger partial charge in [0.15, 0.2) is 0 Å². The first-order chi connectivity index (χ1) is 11.2. The first kappa shape index (κ1) is 16.6. The minimum absolute atomic E-state index is 0.280. The first-order valence-electron chi connectivity index (χ1n) is 7.63. The van der Waals surface area contributed by atoms with Crippen molar-refractivity contribution < 1.29 is 9.53 Å². The number of rotatable bonds is 6. The van der Waals surface area contributed by atoms with Gasteiger partial charge < -0.3 is 15.8 Å². The van der Waals surface area contributed by atoms with Crippen molar-refractivity contribution in [3.8, 4) is 0 Å². The van der Waals surface area contributed by atoms with E-state index in [4.69, 9.17) is 10.5 Å². The van der Waals surface area contributed by atoms with Gasteiger partial charge >= 0.3 is 6.09 Å². The van der Waals surface area contributed by atoms with Crippen molar-refractivity contribution in [1.29, 1.82) is 0 Å². The van der Waals surface area contributed by atoms with Crippen molar-refractivity contribution >= 4 is 17.9 Å². The third-order valence-electron chi connectivity index (χ3n) is 3.45. The van der Waals surface area contributed by atoms with Gasteiger partial charge in [0.1, 0.15) is 6.61 Å². The highest BCUT2D eigenvalue weighted by Crippen LogP contribution is 2.17. The quantitative estimate of drug-likeness (QED) is 0.628. The van der Waals surface area contributed by atoms with Crippen LogP contribution in [-0.2, 0) is 11.3 Å². The number of ether oxygens (including phenoxy) is 1. The summed E-state index contributed by atoms with van der Waals surface area (Å²) in [6.07, 6.45) is 4.27. The Hall–Kier alpha value is -2.75. The summed E-state index contributed by atoms with van der Waals surface area (Å²) in [4.78, 5) is 11.6. The van der Waals surface area contributed by atoms with Gasteiger partial charge in [-0.1, -0.05) is 60.7 Å². The third-order valence-corrected chi connectivity index (χ3v) is 3.45. The predicted octanol–water partition coefficient (Wildman–Crippen LogP) is 3.91. The van der Waals surface area contributed by atoms with E-state index in [1.165, 1.54) is 0 Å². The average Bonchev–Trinajstić information content (AvgIpc) is 2.57. The fraction of sp³-hybridized carbons (Fsp3) is 0.211. The molecule has 0 saturated heterocycles. The summed E-state index contributed by atoms with van der Waals surface area (Å²) < 4.78 is 5.13. The number of nitrogens with two attached hydrogens (primary N) is 1. The summed E-state index contributed by atoms with van der Waals surface area (Å²) in [6, 6.07) is 15.5. The Morgan fingerprint density at radius 1 is 1.17 bits per heavy atom. The van der Waals surface area contributed by atoms with Gasteiger partial charge in [-0.15, -0.1) is 0 Å². The number of nitrogen functional groups attached to an aromatic ring is 1. The van der Waals surface area contributed by atoms with E-state index in [-0.39, 0.29) is 6.61 Å². The Labute approximate surface area is 137 Å². The fourth-order valence-electron chi connectivity index (χ4n) is 2.09. The van der Waals surface area contributed by atoms with Gasteiger partial charge in [-0.3, -0.25) is 0 Å². The minimum atomic E-state index is -0.405. The van der Waals surface area contributed by atoms with Crippen LogP contribution in [0.5, 0.6) is 0 Å². The lowest BCUT2D eigenvalue weighted by molar-refractivity contribution is 0.140. The van der Waals surface area contributed by atoms with Crippen molar-refractivity contribution in [2.45, 2.75) is 20.0 Å². The molecule has 0 unspecified atom stereocenters. The second-order valence-electron chi connectivity index (χ2n) is 5.26. The largest absolute Gasteiger partial charge is 0.445 e.